The number of hydrogen-bond acceptors (Lipinski definition) is 6. The van der Waals surface area contributed by atoms with E-state index < -0.39 is 18.3 Å². The third-order valence-corrected chi connectivity index (χ3v) is 2.31. The highest BCUT2D eigenvalue weighted by Gasteiger charge is 2.23. The molecule has 18 heavy (non-hydrogen) atoms. The second-order valence-electron chi connectivity index (χ2n) is 3.67. The Balaban J connectivity index is 1.93. The van der Waals surface area contributed by atoms with E-state index in [2.05, 4.69) is 10.6 Å². The maximum atomic E-state index is 11.2. The zero-order valence-electron chi connectivity index (χ0n) is 9.53. The van der Waals surface area contributed by atoms with Gasteiger partial charge in [-0.3, -0.25) is 19.4 Å². The van der Waals surface area contributed by atoms with Gasteiger partial charge in [0.25, 0.3) is 6.20 Å². The fourth-order valence-corrected chi connectivity index (χ4v) is 1.50. The van der Waals surface area contributed by atoms with E-state index in [0.29, 0.717) is 26.3 Å². The lowest BCUT2D eigenvalue weighted by Gasteiger charge is -2.18. The van der Waals surface area contributed by atoms with Gasteiger partial charge >= 0.3 is 11.9 Å². The molecule has 1 aromatic heterocycles. The van der Waals surface area contributed by atoms with Gasteiger partial charge in [0, 0.05) is 0 Å². The first-order chi connectivity index (χ1) is 8.65. The fraction of sp³-hybridized carbons (Fsp3) is 0.556. The molecule has 9 nitrogen and oxygen atoms in total. The van der Waals surface area contributed by atoms with E-state index in [-0.39, 0.29) is 5.88 Å². The first kappa shape index (κ1) is 12.3. The van der Waals surface area contributed by atoms with Gasteiger partial charge in [0.15, 0.2) is 0 Å². The number of anilines is 1. The van der Waals surface area contributed by atoms with E-state index in [1.165, 1.54) is 11.0 Å². The second-order valence-corrected chi connectivity index (χ2v) is 3.67. The molecule has 0 atom stereocenters. The van der Waals surface area contributed by atoms with Crippen molar-refractivity contribution in [2.24, 2.45) is 0 Å². The van der Waals surface area contributed by atoms with Crippen LogP contribution in [0.15, 0.2) is 10.7 Å². The average Bonchev–Trinajstić information content (AvgIpc) is 2.77. The zero-order chi connectivity index (χ0) is 13.0. The molecule has 9 heteroatoms. The minimum atomic E-state index is -1.20. The van der Waals surface area contributed by atoms with E-state index in [1.54, 1.807) is 0 Å². The van der Waals surface area contributed by atoms with Gasteiger partial charge in [0.05, 0.1) is 31.1 Å². The van der Waals surface area contributed by atoms with Crippen LogP contribution in [-0.2, 0) is 14.3 Å². The molecule has 2 N–H and O–H groups in total. The molecule has 2 heterocycles. The van der Waals surface area contributed by atoms with Gasteiger partial charge in [-0.1, -0.05) is 0 Å². The second kappa shape index (κ2) is 5.45. The lowest BCUT2D eigenvalue weighted by Crippen LogP contribution is -2.62. The fourth-order valence-electron chi connectivity index (χ4n) is 1.50. The predicted octanol–water partition coefficient (Wildman–Crippen LogP) is -1.66. The number of rotatable bonds is 4. The number of carboxylic acid groups (broad SMARTS) is 1. The summed E-state index contributed by atoms with van der Waals surface area (Å²) >= 11 is 0. The number of nitrogens with zero attached hydrogens (tertiary/aromatic N) is 3. The van der Waals surface area contributed by atoms with Crippen LogP contribution in [-0.4, -0.2) is 48.6 Å². The van der Waals surface area contributed by atoms with Crippen molar-refractivity contribution < 1.29 is 28.7 Å². The van der Waals surface area contributed by atoms with Crippen LogP contribution in [0.4, 0.5) is 5.88 Å². The summed E-state index contributed by atoms with van der Waals surface area (Å²) in [5.74, 6) is -1.76. The molecule has 1 aliphatic heterocycles. The minimum absolute atomic E-state index is 0.104. The number of amides is 1. The molecule has 1 fully saturated rings. The highest BCUT2D eigenvalue weighted by Crippen LogP contribution is 2.02. The third kappa shape index (κ3) is 3.17. The van der Waals surface area contributed by atoms with E-state index in [9.17, 15) is 9.59 Å². The van der Waals surface area contributed by atoms with Gasteiger partial charge in [-0.25, -0.2) is 0 Å². The molecule has 98 valence electrons. The van der Waals surface area contributed by atoms with Crippen molar-refractivity contribution in [2.45, 2.75) is 6.42 Å². The number of carbonyl (C=O) groups excluding carboxylic acids is 1. The molecule has 1 aliphatic rings. The molecule has 1 aromatic rings. The molecule has 1 amide bonds. The van der Waals surface area contributed by atoms with Gasteiger partial charge in [-0.05, 0) is 0 Å². The van der Waals surface area contributed by atoms with Crippen LogP contribution in [0.3, 0.4) is 0 Å². The molecule has 0 aromatic carbocycles. The van der Waals surface area contributed by atoms with Crippen molar-refractivity contribution in [1.82, 2.24) is 5.27 Å². The summed E-state index contributed by atoms with van der Waals surface area (Å²) in [6, 6.07) is 0. The third-order valence-electron chi connectivity index (χ3n) is 2.31. The monoisotopic (exact) mass is 257 g/mol. The first-order valence-electron chi connectivity index (χ1n) is 5.38. The van der Waals surface area contributed by atoms with Gasteiger partial charge < -0.3 is 9.84 Å². The molecule has 0 radical (unpaired) electrons. The normalized spacial score (nSPS) is 15.4. The van der Waals surface area contributed by atoms with Gasteiger partial charge in [0.2, 0.25) is 11.2 Å². The molecule has 0 aliphatic carbocycles. The van der Waals surface area contributed by atoms with Crippen LogP contribution in [0.2, 0.25) is 0 Å². The summed E-state index contributed by atoms with van der Waals surface area (Å²) < 4.78 is 10.1. The van der Waals surface area contributed by atoms with E-state index in [0.717, 1.165) is 0 Å². The largest absolute Gasteiger partial charge is 0.481 e. The zero-order valence-corrected chi connectivity index (χ0v) is 9.53. The number of carbonyl (C=O) groups is 2. The van der Waals surface area contributed by atoms with Crippen molar-refractivity contribution in [3.63, 3.8) is 0 Å². The standard InChI is InChI=1S/C9H12N4O5/c14-7(5-9(15)16)10-8-6-13(11-18-8)12-1-3-17-4-2-12/h6H,1-5H2,(H-,10,11,14,15,16)/p+1. The van der Waals surface area contributed by atoms with Crippen molar-refractivity contribution in [3.05, 3.63) is 6.20 Å². The Morgan fingerprint density at radius 2 is 2.22 bits per heavy atom. The van der Waals surface area contributed by atoms with E-state index in [4.69, 9.17) is 14.4 Å². The number of aliphatic carboxylic acids is 1. The van der Waals surface area contributed by atoms with Crippen molar-refractivity contribution in [3.8, 4) is 0 Å². The van der Waals surface area contributed by atoms with Gasteiger partial charge in [-0.15, -0.1) is 5.01 Å². The van der Waals surface area contributed by atoms with Crippen LogP contribution in [0.1, 0.15) is 6.42 Å². The lowest BCUT2D eigenvalue weighted by molar-refractivity contribution is -0.759. The van der Waals surface area contributed by atoms with E-state index >= 15 is 0 Å². The summed E-state index contributed by atoms with van der Waals surface area (Å²) in [6.45, 7) is 2.53. The first-order valence-corrected chi connectivity index (χ1v) is 5.38. The number of carboxylic acids is 1. The average molecular weight is 257 g/mol. The Kier molecular flexibility index (Phi) is 3.72. The number of morpholine rings is 1. The number of nitrogens with one attached hydrogen (secondary N) is 1. The maximum absolute atomic E-state index is 11.2. The SMILES string of the molecule is O=C(O)CC(=O)Nc1c[n+](N2CCOCC2)no1. The van der Waals surface area contributed by atoms with Crippen LogP contribution in [0.25, 0.3) is 0 Å². The van der Waals surface area contributed by atoms with Crippen molar-refractivity contribution in [2.75, 3.05) is 36.6 Å². The summed E-state index contributed by atoms with van der Waals surface area (Å²) in [5.41, 5.74) is 0. The Bertz CT molecular complexity index is 440. The summed E-state index contributed by atoms with van der Waals surface area (Å²) in [6.07, 6.45) is 0.864. The Labute approximate surface area is 102 Å². The highest BCUT2D eigenvalue weighted by molar-refractivity contribution is 6.00. The Morgan fingerprint density at radius 3 is 2.89 bits per heavy atom. The number of aromatic nitrogens is 2. The van der Waals surface area contributed by atoms with Crippen molar-refractivity contribution in [1.29, 1.82) is 0 Å². The molecule has 0 spiro atoms. The van der Waals surface area contributed by atoms with Crippen LogP contribution in [0.5, 0.6) is 0 Å². The number of ether oxygens (including phenoxy) is 1. The highest BCUT2D eigenvalue weighted by atomic mass is 16.5. The van der Waals surface area contributed by atoms with E-state index in [1.807, 2.05) is 5.01 Å². The number of hydrogen-bond donors (Lipinski definition) is 2. The molecular formula is C9H13N4O5+. The lowest BCUT2D eigenvalue weighted by atomic mass is 10.4. The van der Waals surface area contributed by atoms with Gasteiger partial charge in [0.1, 0.15) is 6.42 Å². The topological polar surface area (TPSA) is 109 Å². The molecular weight excluding hydrogens is 244 g/mol. The predicted molar refractivity (Wildman–Crippen MR) is 56.4 cm³/mol. The summed E-state index contributed by atoms with van der Waals surface area (Å²) in [4.78, 5) is 23.0. The summed E-state index contributed by atoms with van der Waals surface area (Å²) in [7, 11) is 0. The quantitative estimate of drug-likeness (QED) is 0.491. The Morgan fingerprint density at radius 1 is 1.50 bits per heavy atom. The molecule has 0 saturated carbocycles. The Hall–Kier alpha value is -2.16. The van der Waals surface area contributed by atoms with Crippen LogP contribution in [0, 0.1) is 0 Å². The molecule has 2 rings (SSSR count). The molecule has 0 bridgehead atoms. The smallest absolute Gasteiger partial charge is 0.312 e. The molecule has 1 saturated heterocycles. The minimum Gasteiger partial charge on any atom is -0.481 e. The van der Waals surface area contributed by atoms with Crippen molar-refractivity contribution >= 4 is 17.8 Å². The van der Waals surface area contributed by atoms with Crippen LogP contribution >= 0.6 is 0 Å². The van der Waals surface area contributed by atoms with Gasteiger partial charge in [-0.2, -0.15) is 0 Å². The summed E-state index contributed by atoms with van der Waals surface area (Å²) in [5, 5.41) is 16.3. The van der Waals surface area contributed by atoms with Crippen LogP contribution < -0.4 is 15.1 Å². The maximum Gasteiger partial charge on any atom is 0.312 e. The molecule has 0 unspecified atom stereocenters.